The van der Waals surface area contributed by atoms with Crippen molar-refractivity contribution in [1.82, 2.24) is 0 Å². The molecule has 0 heterocycles. The molecule has 0 amide bonds. The van der Waals surface area contributed by atoms with E-state index in [-0.39, 0.29) is 11.1 Å². The Hall–Kier alpha value is -1.73. The smallest absolute Gasteiger partial charge is 0.255 e. The molecule has 5 heteroatoms. The lowest BCUT2D eigenvalue weighted by atomic mass is 10.1. The molecule has 0 atom stereocenters. The second kappa shape index (κ2) is 3.99. The van der Waals surface area contributed by atoms with Gasteiger partial charge in [-0.15, -0.1) is 0 Å². The lowest BCUT2D eigenvalue weighted by Gasteiger charge is -2.00. The standard InChI is InChI=1S/C9H3ClFNO2/c10-9(14)7-2-5(4-13)1-6(3-12)8(7)11/h1-2,4H. The number of halogens is 2. The fourth-order valence-electron chi connectivity index (χ4n) is 0.939. The van der Waals surface area contributed by atoms with Gasteiger partial charge in [0.1, 0.15) is 12.4 Å². The maximum absolute atomic E-state index is 13.2. The van der Waals surface area contributed by atoms with Gasteiger partial charge < -0.3 is 0 Å². The highest BCUT2D eigenvalue weighted by atomic mass is 35.5. The Labute approximate surface area is 83.7 Å². The van der Waals surface area contributed by atoms with Gasteiger partial charge in [0, 0.05) is 5.56 Å². The zero-order valence-corrected chi connectivity index (χ0v) is 7.51. The molecule has 0 unspecified atom stereocenters. The highest BCUT2D eigenvalue weighted by Crippen LogP contribution is 2.16. The van der Waals surface area contributed by atoms with Crippen LogP contribution in [0.3, 0.4) is 0 Å². The molecule has 0 spiro atoms. The molecule has 0 radical (unpaired) electrons. The van der Waals surface area contributed by atoms with E-state index in [0.717, 1.165) is 12.1 Å². The summed E-state index contributed by atoms with van der Waals surface area (Å²) in [5.74, 6) is -1.00. The summed E-state index contributed by atoms with van der Waals surface area (Å²) in [6.07, 6.45) is 0.406. The van der Waals surface area contributed by atoms with E-state index in [2.05, 4.69) is 0 Å². The number of hydrogen-bond donors (Lipinski definition) is 0. The Morgan fingerprint density at radius 3 is 2.64 bits per heavy atom. The van der Waals surface area contributed by atoms with Gasteiger partial charge in [-0.3, -0.25) is 9.59 Å². The van der Waals surface area contributed by atoms with E-state index in [9.17, 15) is 14.0 Å². The van der Waals surface area contributed by atoms with E-state index in [1.165, 1.54) is 6.07 Å². The van der Waals surface area contributed by atoms with Gasteiger partial charge in [0.25, 0.3) is 5.24 Å². The fourth-order valence-corrected chi connectivity index (χ4v) is 1.08. The predicted octanol–water partition coefficient (Wildman–Crippen LogP) is 1.89. The highest BCUT2D eigenvalue weighted by molar-refractivity contribution is 6.67. The van der Waals surface area contributed by atoms with E-state index in [1.54, 1.807) is 0 Å². The third-order valence-electron chi connectivity index (χ3n) is 1.56. The van der Waals surface area contributed by atoms with Gasteiger partial charge in [-0.25, -0.2) is 4.39 Å². The van der Waals surface area contributed by atoms with Crippen LogP contribution in [0.15, 0.2) is 12.1 Å². The van der Waals surface area contributed by atoms with Crippen LogP contribution in [-0.4, -0.2) is 11.5 Å². The van der Waals surface area contributed by atoms with E-state index >= 15 is 0 Å². The molecule has 0 aliphatic rings. The number of nitriles is 1. The second-order valence-electron chi connectivity index (χ2n) is 2.43. The Kier molecular flexibility index (Phi) is 2.95. The first-order valence-electron chi connectivity index (χ1n) is 3.48. The van der Waals surface area contributed by atoms with Crippen LogP contribution in [0.25, 0.3) is 0 Å². The van der Waals surface area contributed by atoms with Crippen molar-refractivity contribution in [2.45, 2.75) is 0 Å². The fraction of sp³-hybridized carbons (Fsp3) is 0. The zero-order valence-electron chi connectivity index (χ0n) is 6.75. The van der Waals surface area contributed by atoms with E-state index in [0.29, 0.717) is 6.29 Å². The normalized spacial score (nSPS) is 9.21. The lowest BCUT2D eigenvalue weighted by molar-refractivity contribution is 0.107. The molecule has 0 N–H and O–H groups in total. The molecule has 0 fully saturated rings. The van der Waals surface area contributed by atoms with Gasteiger partial charge in [-0.2, -0.15) is 5.26 Å². The van der Waals surface area contributed by atoms with Crippen LogP contribution in [0.1, 0.15) is 26.3 Å². The van der Waals surface area contributed by atoms with Crippen molar-refractivity contribution in [2.75, 3.05) is 0 Å². The minimum Gasteiger partial charge on any atom is -0.298 e. The largest absolute Gasteiger partial charge is 0.298 e. The third kappa shape index (κ3) is 1.78. The van der Waals surface area contributed by atoms with E-state index in [4.69, 9.17) is 16.9 Å². The third-order valence-corrected chi connectivity index (χ3v) is 1.77. The van der Waals surface area contributed by atoms with Gasteiger partial charge in [0.2, 0.25) is 0 Å². The average molecular weight is 212 g/mol. The van der Waals surface area contributed by atoms with Gasteiger partial charge in [0.15, 0.2) is 5.82 Å². The number of carbonyl (C=O) groups is 2. The summed E-state index contributed by atoms with van der Waals surface area (Å²) in [6.45, 7) is 0. The summed E-state index contributed by atoms with van der Waals surface area (Å²) >= 11 is 5.06. The maximum Gasteiger partial charge on any atom is 0.255 e. The molecular weight excluding hydrogens is 209 g/mol. The van der Waals surface area contributed by atoms with Gasteiger partial charge in [0.05, 0.1) is 11.1 Å². The first-order chi connectivity index (χ1) is 6.60. The number of rotatable bonds is 2. The first kappa shape index (κ1) is 10.4. The van der Waals surface area contributed by atoms with Crippen molar-refractivity contribution in [1.29, 1.82) is 5.26 Å². The Bertz CT molecular complexity index is 451. The van der Waals surface area contributed by atoms with Crippen LogP contribution < -0.4 is 0 Å². The molecule has 0 saturated carbocycles. The van der Waals surface area contributed by atoms with Crippen molar-refractivity contribution in [2.24, 2.45) is 0 Å². The molecule has 1 aromatic rings. The summed E-state index contributed by atoms with van der Waals surface area (Å²) in [4.78, 5) is 21.1. The zero-order chi connectivity index (χ0) is 10.7. The molecule has 0 bridgehead atoms. The average Bonchev–Trinajstić information content (AvgIpc) is 2.17. The van der Waals surface area contributed by atoms with Gasteiger partial charge in [-0.1, -0.05) is 0 Å². The number of hydrogen-bond acceptors (Lipinski definition) is 3. The number of nitrogens with zero attached hydrogens (tertiary/aromatic N) is 1. The van der Waals surface area contributed by atoms with Crippen molar-refractivity contribution >= 4 is 23.1 Å². The molecular formula is C9H3ClFNO2. The molecule has 1 aromatic carbocycles. The lowest BCUT2D eigenvalue weighted by Crippen LogP contribution is -2.00. The van der Waals surface area contributed by atoms with Crippen molar-refractivity contribution in [3.05, 3.63) is 34.6 Å². The summed E-state index contributed by atoms with van der Waals surface area (Å²) in [5.41, 5.74) is -0.807. The summed E-state index contributed by atoms with van der Waals surface area (Å²) in [7, 11) is 0. The van der Waals surface area contributed by atoms with Gasteiger partial charge in [-0.05, 0) is 23.7 Å². The van der Waals surface area contributed by atoms with E-state index < -0.39 is 16.6 Å². The molecule has 0 aromatic heterocycles. The van der Waals surface area contributed by atoms with Crippen LogP contribution >= 0.6 is 11.6 Å². The van der Waals surface area contributed by atoms with Crippen LogP contribution in [-0.2, 0) is 0 Å². The van der Waals surface area contributed by atoms with Gasteiger partial charge >= 0.3 is 0 Å². The number of aldehydes is 1. The molecule has 1 rings (SSSR count). The Morgan fingerprint density at radius 1 is 1.57 bits per heavy atom. The van der Waals surface area contributed by atoms with E-state index in [1.807, 2.05) is 0 Å². The molecule has 0 saturated heterocycles. The number of carbonyl (C=O) groups excluding carboxylic acids is 2. The van der Waals surface area contributed by atoms with Crippen LogP contribution in [0.2, 0.25) is 0 Å². The Morgan fingerprint density at radius 2 is 2.21 bits per heavy atom. The predicted molar refractivity (Wildman–Crippen MR) is 46.7 cm³/mol. The summed E-state index contributed by atoms with van der Waals surface area (Å²) < 4.78 is 13.2. The minimum atomic E-state index is -1.04. The Balaban J connectivity index is 3.51. The minimum absolute atomic E-state index is 0.0342. The molecule has 3 nitrogen and oxygen atoms in total. The molecule has 14 heavy (non-hydrogen) atoms. The van der Waals surface area contributed by atoms with Crippen LogP contribution in [0.4, 0.5) is 4.39 Å². The number of benzene rings is 1. The highest BCUT2D eigenvalue weighted by Gasteiger charge is 2.14. The SMILES string of the molecule is N#Cc1cc(C=O)cc(C(=O)Cl)c1F. The van der Waals surface area contributed by atoms with Crippen molar-refractivity contribution in [3.63, 3.8) is 0 Å². The first-order valence-corrected chi connectivity index (χ1v) is 3.86. The second-order valence-corrected chi connectivity index (χ2v) is 2.78. The summed E-state index contributed by atoms with van der Waals surface area (Å²) in [6, 6.07) is 3.57. The molecule has 70 valence electrons. The topological polar surface area (TPSA) is 57.9 Å². The maximum atomic E-state index is 13.2. The monoisotopic (exact) mass is 211 g/mol. The molecule has 0 aliphatic heterocycles. The quantitative estimate of drug-likeness (QED) is 0.554. The van der Waals surface area contributed by atoms with Crippen molar-refractivity contribution < 1.29 is 14.0 Å². The van der Waals surface area contributed by atoms with Crippen LogP contribution in [0, 0.1) is 17.1 Å². The van der Waals surface area contributed by atoms with Crippen molar-refractivity contribution in [3.8, 4) is 6.07 Å². The summed E-state index contributed by atoms with van der Waals surface area (Å²) in [5, 5.41) is 7.45. The molecule has 0 aliphatic carbocycles. The van der Waals surface area contributed by atoms with Crippen LogP contribution in [0.5, 0.6) is 0 Å².